The Bertz CT molecular complexity index is 1200. The summed E-state index contributed by atoms with van der Waals surface area (Å²) in [6.07, 6.45) is 8.04. The van der Waals surface area contributed by atoms with E-state index in [4.69, 9.17) is 23.7 Å². The second-order valence-electron chi connectivity index (χ2n) is 10.7. The normalized spacial score (nSPS) is 16.3. The first kappa shape index (κ1) is 32.7. The molecule has 1 aliphatic rings. The Morgan fingerprint density at radius 3 is 2.07 bits per heavy atom. The van der Waals surface area contributed by atoms with Gasteiger partial charge in [-0.15, -0.1) is 0 Å². The van der Waals surface area contributed by atoms with Gasteiger partial charge in [0.1, 0.15) is 23.4 Å². The van der Waals surface area contributed by atoms with Gasteiger partial charge in [-0.2, -0.15) is 0 Å². The van der Waals surface area contributed by atoms with Crippen LogP contribution in [0.2, 0.25) is 0 Å². The summed E-state index contributed by atoms with van der Waals surface area (Å²) < 4.78 is 28.0. The van der Waals surface area contributed by atoms with Crippen molar-refractivity contribution in [1.29, 1.82) is 0 Å². The molecule has 8 nitrogen and oxygen atoms in total. The maximum Gasteiger partial charge on any atom is 0.338 e. The van der Waals surface area contributed by atoms with Gasteiger partial charge < -0.3 is 23.7 Å². The first-order valence-corrected chi connectivity index (χ1v) is 15.0. The van der Waals surface area contributed by atoms with Crippen LogP contribution in [-0.4, -0.2) is 43.8 Å². The smallest absolute Gasteiger partial charge is 0.338 e. The number of unbranched alkanes of at least 4 members (excludes halogenated alkanes) is 3. The van der Waals surface area contributed by atoms with Crippen LogP contribution in [0.15, 0.2) is 49.1 Å². The Morgan fingerprint density at radius 1 is 0.833 bits per heavy atom. The van der Waals surface area contributed by atoms with Crippen LogP contribution >= 0.6 is 0 Å². The van der Waals surface area contributed by atoms with Crippen molar-refractivity contribution >= 4 is 17.9 Å². The van der Waals surface area contributed by atoms with E-state index in [0.717, 1.165) is 48.6 Å². The number of aryl methyl sites for hydroxylation is 2. The maximum absolute atomic E-state index is 12.8. The van der Waals surface area contributed by atoms with Gasteiger partial charge in [-0.1, -0.05) is 26.3 Å². The number of carbonyl (C=O) groups excluding carboxylic acids is 3. The molecule has 0 unspecified atom stereocenters. The van der Waals surface area contributed by atoms with Crippen molar-refractivity contribution in [2.45, 2.75) is 84.7 Å². The van der Waals surface area contributed by atoms with Gasteiger partial charge in [0.2, 0.25) is 0 Å². The molecule has 0 aliphatic heterocycles. The molecule has 0 amide bonds. The molecule has 2 aromatic rings. The molecule has 0 N–H and O–H groups in total. The van der Waals surface area contributed by atoms with Crippen molar-refractivity contribution in [3.63, 3.8) is 0 Å². The zero-order chi connectivity index (χ0) is 30.3. The lowest BCUT2D eigenvalue weighted by Gasteiger charge is -2.27. The second kappa shape index (κ2) is 17.2. The third-order valence-corrected chi connectivity index (χ3v) is 7.27. The zero-order valence-corrected chi connectivity index (χ0v) is 25.2. The van der Waals surface area contributed by atoms with Crippen LogP contribution in [-0.2, 0) is 19.1 Å². The van der Waals surface area contributed by atoms with Crippen LogP contribution in [0.1, 0.15) is 86.2 Å². The molecular formula is C34H44O8. The quantitative estimate of drug-likeness (QED) is 0.0899. The lowest BCUT2D eigenvalue weighted by Crippen LogP contribution is -2.30. The minimum Gasteiger partial charge on any atom is -0.493 e. The summed E-state index contributed by atoms with van der Waals surface area (Å²) in [5.41, 5.74) is 2.23. The lowest BCUT2D eigenvalue weighted by atomic mass is 9.87. The number of rotatable bonds is 16. The van der Waals surface area contributed by atoms with E-state index in [9.17, 15) is 14.4 Å². The average Bonchev–Trinajstić information content (AvgIpc) is 2.98. The monoisotopic (exact) mass is 580 g/mol. The summed E-state index contributed by atoms with van der Waals surface area (Å²) in [4.78, 5) is 36.6. The molecule has 0 heterocycles. The van der Waals surface area contributed by atoms with Crippen LogP contribution in [0.5, 0.6) is 17.2 Å². The van der Waals surface area contributed by atoms with Crippen LogP contribution in [0.3, 0.4) is 0 Å². The average molecular weight is 581 g/mol. The fraction of sp³-hybridized carbons (Fsp3) is 0.500. The SMILES string of the molecule is C=CC(=O)OCCCCOc1ccc(C(=O)OC2CCC(C(=O)Oc3ccc(OCCCCC)c(C)c3)CC2)cc1C. The summed E-state index contributed by atoms with van der Waals surface area (Å²) in [7, 11) is 0. The largest absolute Gasteiger partial charge is 0.493 e. The number of carbonyl (C=O) groups is 3. The van der Waals surface area contributed by atoms with Crippen LogP contribution in [0.4, 0.5) is 0 Å². The van der Waals surface area contributed by atoms with E-state index in [0.29, 0.717) is 69.0 Å². The number of esters is 3. The first-order valence-electron chi connectivity index (χ1n) is 15.0. The van der Waals surface area contributed by atoms with Gasteiger partial charge in [-0.25, -0.2) is 9.59 Å². The van der Waals surface area contributed by atoms with E-state index in [-0.39, 0.29) is 24.0 Å². The molecule has 3 rings (SSSR count). The summed E-state index contributed by atoms with van der Waals surface area (Å²) in [6.45, 7) is 10.8. The van der Waals surface area contributed by atoms with Crippen molar-refractivity contribution in [2.24, 2.45) is 5.92 Å². The molecule has 0 spiro atoms. The fourth-order valence-corrected chi connectivity index (χ4v) is 4.77. The second-order valence-corrected chi connectivity index (χ2v) is 10.7. The Hall–Kier alpha value is -3.81. The predicted octanol–water partition coefficient (Wildman–Crippen LogP) is 7.08. The van der Waals surface area contributed by atoms with Crippen molar-refractivity contribution in [2.75, 3.05) is 19.8 Å². The first-order chi connectivity index (χ1) is 20.3. The minimum absolute atomic E-state index is 0.224. The van der Waals surface area contributed by atoms with Gasteiger partial charge in [0, 0.05) is 6.08 Å². The molecule has 0 aromatic heterocycles. The molecule has 1 saturated carbocycles. The van der Waals surface area contributed by atoms with Crippen molar-refractivity contribution in [1.82, 2.24) is 0 Å². The van der Waals surface area contributed by atoms with E-state index in [2.05, 4.69) is 13.5 Å². The molecule has 0 atom stereocenters. The molecule has 0 bridgehead atoms. The minimum atomic E-state index is -0.430. The van der Waals surface area contributed by atoms with E-state index >= 15 is 0 Å². The lowest BCUT2D eigenvalue weighted by molar-refractivity contribution is -0.140. The van der Waals surface area contributed by atoms with Crippen LogP contribution in [0.25, 0.3) is 0 Å². The number of benzene rings is 2. The highest BCUT2D eigenvalue weighted by Crippen LogP contribution is 2.30. The number of hydrogen-bond acceptors (Lipinski definition) is 8. The van der Waals surface area contributed by atoms with Gasteiger partial charge in [-0.05, 0) is 106 Å². The topological polar surface area (TPSA) is 97.4 Å². The third-order valence-electron chi connectivity index (χ3n) is 7.27. The summed E-state index contributed by atoms with van der Waals surface area (Å²) >= 11 is 0. The van der Waals surface area contributed by atoms with Crippen molar-refractivity contribution in [3.05, 3.63) is 65.7 Å². The molecule has 8 heteroatoms. The van der Waals surface area contributed by atoms with E-state index in [1.54, 1.807) is 24.3 Å². The third kappa shape index (κ3) is 10.5. The van der Waals surface area contributed by atoms with Crippen molar-refractivity contribution in [3.8, 4) is 17.2 Å². The highest BCUT2D eigenvalue weighted by Gasteiger charge is 2.30. The maximum atomic E-state index is 12.8. The Kier molecular flexibility index (Phi) is 13.4. The summed E-state index contributed by atoms with van der Waals surface area (Å²) in [5.74, 6) is 0.735. The Balaban J connectivity index is 1.38. The van der Waals surface area contributed by atoms with Gasteiger partial charge >= 0.3 is 17.9 Å². The van der Waals surface area contributed by atoms with Crippen molar-refractivity contribution < 1.29 is 38.1 Å². The fourth-order valence-electron chi connectivity index (χ4n) is 4.77. The number of ether oxygens (including phenoxy) is 5. The van der Waals surface area contributed by atoms with Crippen LogP contribution < -0.4 is 14.2 Å². The molecular weight excluding hydrogens is 536 g/mol. The molecule has 0 radical (unpaired) electrons. The summed E-state index contributed by atoms with van der Waals surface area (Å²) in [6, 6.07) is 10.7. The Morgan fingerprint density at radius 2 is 1.45 bits per heavy atom. The molecule has 1 aliphatic carbocycles. The van der Waals surface area contributed by atoms with Gasteiger partial charge in [0.05, 0.1) is 31.3 Å². The Labute approximate surface area is 249 Å². The molecule has 42 heavy (non-hydrogen) atoms. The molecule has 228 valence electrons. The molecule has 0 saturated heterocycles. The van der Waals surface area contributed by atoms with E-state index < -0.39 is 5.97 Å². The highest BCUT2D eigenvalue weighted by molar-refractivity contribution is 5.90. The van der Waals surface area contributed by atoms with E-state index in [1.807, 2.05) is 26.0 Å². The van der Waals surface area contributed by atoms with E-state index in [1.165, 1.54) is 0 Å². The van der Waals surface area contributed by atoms with Gasteiger partial charge in [-0.3, -0.25) is 4.79 Å². The van der Waals surface area contributed by atoms with Gasteiger partial charge in [0.15, 0.2) is 0 Å². The summed E-state index contributed by atoms with van der Waals surface area (Å²) in [5, 5.41) is 0. The zero-order valence-electron chi connectivity index (χ0n) is 25.2. The van der Waals surface area contributed by atoms with Crippen LogP contribution in [0, 0.1) is 19.8 Å². The number of hydrogen-bond donors (Lipinski definition) is 0. The standard InChI is InChI=1S/C34H44O8/c1-5-7-8-19-38-31-18-16-29(23-25(31)4)42-33(36)26-11-14-28(15-12-26)41-34(37)27-13-17-30(24(3)22-27)39-20-9-10-21-40-32(35)6-2/h6,13,16-18,22-23,26,28H,2,5,7-12,14-15,19-21H2,1,3-4H3. The highest BCUT2D eigenvalue weighted by atomic mass is 16.5. The predicted molar refractivity (Wildman–Crippen MR) is 160 cm³/mol. The van der Waals surface area contributed by atoms with Gasteiger partial charge in [0.25, 0.3) is 0 Å². The molecule has 2 aromatic carbocycles. The molecule has 1 fully saturated rings.